The number of aliphatic hydroxyl groups is 1. The number of amides is 1. The first-order valence-corrected chi connectivity index (χ1v) is 12.9. The van der Waals surface area contributed by atoms with Crippen molar-refractivity contribution in [2.24, 2.45) is 5.92 Å². The van der Waals surface area contributed by atoms with Crippen LogP contribution in [0.5, 0.6) is 0 Å². The summed E-state index contributed by atoms with van der Waals surface area (Å²) in [5.41, 5.74) is 0. The maximum absolute atomic E-state index is 12.6. The van der Waals surface area contributed by atoms with E-state index in [1.165, 1.54) is 14.2 Å². The number of nitrogens with zero attached hydrogens (tertiary/aromatic N) is 1. The van der Waals surface area contributed by atoms with Gasteiger partial charge in [-0.15, -0.1) is 0 Å². The van der Waals surface area contributed by atoms with Crippen LogP contribution in [0.25, 0.3) is 0 Å². The molecule has 0 aromatic heterocycles. The van der Waals surface area contributed by atoms with Gasteiger partial charge in [0, 0.05) is 34.8 Å². The van der Waals surface area contributed by atoms with Gasteiger partial charge < -0.3 is 29.4 Å². The average Bonchev–Trinajstić information content (AvgIpc) is 3.52. The molecule has 0 aromatic carbocycles. The van der Waals surface area contributed by atoms with Gasteiger partial charge in [0.2, 0.25) is 5.91 Å². The zero-order valence-corrected chi connectivity index (χ0v) is 21.2. The second-order valence-corrected chi connectivity index (χ2v) is 9.90. The van der Waals surface area contributed by atoms with Crippen molar-refractivity contribution in [3.8, 4) is 6.07 Å². The Bertz CT molecular complexity index is 735. The Balaban J connectivity index is 0.00000199. The number of carbonyl (C=O) groups is 1. The minimum absolute atomic E-state index is 0.00119. The van der Waals surface area contributed by atoms with Gasteiger partial charge in [-0.2, -0.15) is 5.26 Å². The van der Waals surface area contributed by atoms with Gasteiger partial charge in [-0.3, -0.25) is 18.4 Å². The van der Waals surface area contributed by atoms with E-state index < -0.39 is 13.8 Å². The summed E-state index contributed by atoms with van der Waals surface area (Å²) in [6.45, 7) is 2.53. The van der Waals surface area contributed by atoms with Crippen LogP contribution in [0.2, 0.25) is 0 Å². The molecular formula is C21H37N2O10P. The fraction of sp³-hybridized carbons (Fsp3) is 0.905. The van der Waals surface area contributed by atoms with Gasteiger partial charge in [0.15, 0.2) is 0 Å². The molecule has 3 aliphatic heterocycles. The van der Waals surface area contributed by atoms with Crippen molar-refractivity contribution in [2.75, 3.05) is 41.1 Å². The molecule has 0 radical (unpaired) electrons. The monoisotopic (exact) mass is 508 g/mol. The normalized spacial score (nSPS) is 32.9. The Kier molecular flexibility index (Phi) is 11.8. The maximum atomic E-state index is 12.6. The Morgan fingerprint density at radius 3 is 2.47 bits per heavy atom. The molecule has 34 heavy (non-hydrogen) atoms. The molecule has 196 valence electrons. The van der Waals surface area contributed by atoms with E-state index in [0.717, 1.165) is 26.4 Å². The van der Waals surface area contributed by atoms with Crippen molar-refractivity contribution in [3.05, 3.63) is 0 Å². The maximum Gasteiger partial charge on any atom is 0.474 e. The lowest BCUT2D eigenvalue weighted by Crippen LogP contribution is -2.46. The van der Waals surface area contributed by atoms with E-state index in [0.29, 0.717) is 19.4 Å². The van der Waals surface area contributed by atoms with E-state index >= 15 is 0 Å². The van der Waals surface area contributed by atoms with Gasteiger partial charge in [0.05, 0.1) is 43.8 Å². The number of unbranched alkanes of at least 4 members (excludes halogenated alkanes) is 3. The highest BCUT2D eigenvalue weighted by molar-refractivity contribution is 7.48. The van der Waals surface area contributed by atoms with Crippen LogP contribution in [0.1, 0.15) is 45.4 Å². The molecule has 0 aliphatic carbocycles. The summed E-state index contributed by atoms with van der Waals surface area (Å²) in [7, 11) is 0.191. The lowest BCUT2D eigenvalue weighted by atomic mass is 9.85. The molecule has 13 heteroatoms. The molecule has 2 N–H and O–H groups in total. The SMILES string of the molecule is CO.COC1(C)OC2C3CC(C(=O)NCCCCCCOP(=O)(OC)OCCC#N)[C@H](O3)[C@H]2O1. The summed E-state index contributed by atoms with van der Waals surface area (Å²) in [6.07, 6.45) is 3.03. The summed E-state index contributed by atoms with van der Waals surface area (Å²) in [6, 6.07) is 1.90. The van der Waals surface area contributed by atoms with Crippen LogP contribution in [-0.4, -0.2) is 82.5 Å². The zero-order chi connectivity index (χ0) is 25.2. The van der Waals surface area contributed by atoms with E-state index in [1.54, 1.807) is 6.92 Å². The molecule has 3 heterocycles. The van der Waals surface area contributed by atoms with Gasteiger partial charge in [0.1, 0.15) is 12.2 Å². The molecule has 3 rings (SSSR count). The van der Waals surface area contributed by atoms with Gasteiger partial charge in [-0.25, -0.2) is 4.57 Å². The molecule has 0 saturated carbocycles. The van der Waals surface area contributed by atoms with Crippen molar-refractivity contribution in [2.45, 2.75) is 75.8 Å². The number of rotatable bonds is 14. The van der Waals surface area contributed by atoms with E-state index in [2.05, 4.69) is 5.32 Å². The number of fused-ring (bicyclic) bond motifs is 5. The van der Waals surface area contributed by atoms with Crippen molar-refractivity contribution < 1.29 is 47.0 Å². The number of aliphatic hydroxyl groups excluding tert-OH is 1. The van der Waals surface area contributed by atoms with Crippen LogP contribution < -0.4 is 5.32 Å². The summed E-state index contributed by atoms with van der Waals surface area (Å²) >= 11 is 0. The van der Waals surface area contributed by atoms with Crippen LogP contribution >= 0.6 is 7.82 Å². The average molecular weight is 509 g/mol. The van der Waals surface area contributed by atoms with Crippen molar-refractivity contribution in [1.82, 2.24) is 5.32 Å². The molecule has 0 spiro atoms. The second kappa shape index (κ2) is 13.8. The van der Waals surface area contributed by atoms with Crippen molar-refractivity contribution in [1.29, 1.82) is 5.26 Å². The van der Waals surface area contributed by atoms with Gasteiger partial charge in [0.25, 0.3) is 5.97 Å². The Morgan fingerprint density at radius 2 is 1.79 bits per heavy atom. The zero-order valence-electron chi connectivity index (χ0n) is 20.3. The quantitative estimate of drug-likeness (QED) is 0.261. The van der Waals surface area contributed by atoms with E-state index in [1.807, 2.05) is 6.07 Å². The summed E-state index contributed by atoms with van der Waals surface area (Å²) in [5.74, 6) is -1.35. The fourth-order valence-corrected chi connectivity index (χ4v) is 5.20. The van der Waals surface area contributed by atoms with Crippen LogP contribution in [0.4, 0.5) is 0 Å². The third-order valence-corrected chi connectivity index (χ3v) is 7.39. The first-order valence-electron chi connectivity index (χ1n) is 11.4. The molecule has 3 fully saturated rings. The number of carbonyl (C=O) groups excluding carboxylic acids is 1. The number of phosphoric ester groups is 1. The standard InChI is InChI=1S/C20H33N2O9P.CH4O/c1-20(25-2)30-17-15-13-14(16(29-15)18(17)31-20)19(23)22-10-6-4-5-7-11-27-32(24,26-3)28-12-8-9-21;1-2/h14-18H,4-8,10-13H2,1-3H3,(H,22,23);2H,1H3/t14?,15?,16-,17?,18+,20?,32?;/m0./s1. The summed E-state index contributed by atoms with van der Waals surface area (Å²) in [5, 5.41) is 18.5. The molecule has 3 saturated heterocycles. The molecule has 7 atom stereocenters. The number of hydrogen-bond acceptors (Lipinski definition) is 11. The third kappa shape index (κ3) is 7.43. The third-order valence-electron chi connectivity index (χ3n) is 5.94. The van der Waals surface area contributed by atoms with E-state index in [9.17, 15) is 9.36 Å². The summed E-state index contributed by atoms with van der Waals surface area (Å²) < 4.78 is 50.0. The predicted octanol–water partition coefficient (Wildman–Crippen LogP) is 1.86. The van der Waals surface area contributed by atoms with Crippen molar-refractivity contribution >= 4 is 13.7 Å². The predicted molar refractivity (Wildman–Crippen MR) is 118 cm³/mol. The molecule has 5 unspecified atom stereocenters. The van der Waals surface area contributed by atoms with Crippen molar-refractivity contribution in [3.63, 3.8) is 0 Å². The number of nitriles is 1. The molecule has 12 nitrogen and oxygen atoms in total. The van der Waals surface area contributed by atoms with Crippen LogP contribution in [0.15, 0.2) is 0 Å². The smallest absolute Gasteiger partial charge is 0.400 e. The lowest BCUT2D eigenvalue weighted by molar-refractivity contribution is -0.329. The molecule has 1 amide bonds. The number of methoxy groups -OCH3 is 1. The molecule has 0 aromatic rings. The highest BCUT2D eigenvalue weighted by Gasteiger charge is 2.64. The summed E-state index contributed by atoms with van der Waals surface area (Å²) in [4.78, 5) is 12.6. The molecular weight excluding hydrogens is 471 g/mol. The lowest BCUT2D eigenvalue weighted by Gasteiger charge is -2.25. The van der Waals surface area contributed by atoms with E-state index in [4.69, 9.17) is 42.9 Å². The minimum Gasteiger partial charge on any atom is -0.400 e. The molecule has 2 bridgehead atoms. The fourth-order valence-electron chi connectivity index (χ4n) is 4.25. The highest BCUT2D eigenvalue weighted by Crippen LogP contribution is 2.49. The highest BCUT2D eigenvalue weighted by atomic mass is 31.2. The second-order valence-electron chi connectivity index (χ2n) is 8.12. The van der Waals surface area contributed by atoms with E-state index in [-0.39, 0.29) is 55.9 Å². The largest absolute Gasteiger partial charge is 0.474 e. The van der Waals surface area contributed by atoms with Crippen LogP contribution in [0, 0.1) is 17.2 Å². The first-order chi connectivity index (χ1) is 16.3. The number of hydrogen-bond donors (Lipinski definition) is 2. The van der Waals surface area contributed by atoms with Crippen LogP contribution in [-0.2, 0) is 41.9 Å². The Labute approximate surface area is 200 Å². The number of nitrogens with one attached hydrogen (secondary N) is 1. The topological polar surface area (TPSA) is 155 Å². The van der Waals surface area contributed by atoms with Gasteiger partial charge >= 0.3 is 7.82 Å². The van der Waals surface area contributed by atoms with Crippen LogP contribution in [0.3, 0.4) is 0 Å². The Hall–Kier alpha value is -1.13. The van der Waals surface area contributed by atoms with Gasteiger partial charge in [-0.1, -0.05) is 12.8 Å². The Morgan fingerprint density at radius 1 is 1.12 bits per heavy atom. The molecule has 3 aliphatic rings. The first kappa shape index (κ1) is 29.1. The number of phosphoric acid groups is 1. The number of ether oxygens (including phenoxy) is 4. The van der Waals surface area contributed by atoms with Gasteiger partial charge in [-0.05, 0) is 19.3 Å². The minimum atomic E-state index is -3.59.